The van der Waals surface area contributed by atoms with Crippen molar-refractivity contribution in [1.29, 1.82) is 0 Å². The molecule has 0 saturated carbocycles. The van der Waals surface area contributed by atoms with E-state index in [1.54, 1.807) is 13.0 Å². The highest BCUT2D eigenvalue weighted by molar-refractivity contribution is 7.90. The molecule has 0 unspecified atom stereocenters. The van der Waals surface area contributed by atoms with Gasteiger partial charge in [0.1, 0.15) is 0 Å². The van der Waals surface area contributed by atoms with E-state index in [1.165, 1.54) is 6.07 Å². The van der Waals surface area contributed by atoms with Gasteiger partial charge >= 0.3 is 0 Å². The number of hydrogen-bond donors (Lipinski definition) is 0. The molecule has 0 amide bonds. The van der Waals surface area contributed by atoms with Crippen molar-refractivity contribution in [2.45, 2.75) is 11.8 Å². The van der Waals surface area contributed by atoms with Gasteiger partial charge in [0.15, 0.2) is 9.84 Å². The van der Waals surface area contributed by atoms with Crippen LogP contribution in [0.25, 0.3) is 0 Å². The Morgan fingerprint density at radius 3 is 2.15 bits per heavy atom. The van der Waals surface area contributed by atoms with Gasteiger partial charge in [-0.05, 0) is 18.6 Å². The molecule has 5 heteroatoms. The summed E-state index contributed by atoms with van der Waals surface area (Å²) in [5.74, 6) is 0. The van der Waals surface area contributed by atoms with Crippen LogP contribution in [0.4, 0.5) is 0 Å². The van der Waals surface area contributed by atoms with Gasteiger partial charge in [0.25, 0.3) is 0 Å². The van der Waals surface area contributed by atoms with E-state index in [4.69, 9.17) is 23.2 Å². The van der Waals surface area contributed by atoms with Gasteiger partial charge in [-0.3, -0.25) is 0 Å². The molecular weight excluding hydrogens is 231 g/mol. The monoisotopic (exact) mass is 238 g/mol. The minimum atomic E-state index is -3.29. The normalized spacial score (nSPS) is 11.7. The predicted molar refractivity (Wildman–Crippen MR) is 54.3 cm³/mol. The molecule has 72 valence electrons. The third-order valence-corrected chi connectivity index (χ3v) is 3.87. The predicted octanol–water partition coefficient (Wildman–Crippen LogP) is 2.71. The lowest BCUT2D eigenvalue weighted by Gasteiger charge is -2.05. The maximum Gasteiger partial charge on any atom is 0.177 e. The lowest BCUT2D eigenvalue weighted by molar-refractivity contribution is 0.602. The molecule has 0 aliphatic heterocycles. The van der Waals surface area contributed by atoms with Gasteiger partial charge in [-0.1, -0.05) is 29.3 Å². The van der Waals surface area contributed by atoms with Crippen LogP contribution in [-0.2, 0) is 9.84 Å². The zero-order valence-electron chi connectivity index (χ0n) is 7.14. The average molecular weight is 239 g/mol. The van der Waals surface area contributed by atoms with Crippen molar-refractivity contribution >= 4 is 33.0 Å². The Morgan fingerprint density at radius 1 is 1.15 bits per heavy atom. The van der Waals surface area contributed by atoms with E-state index in [1.807, 2.05) is 0 Å². The maximum absolute atomic E-state index is 11.2. The molecule has 0 heterocycles. The van der Waals surface area contributed by atoms with Gasteiger partial charge in [-0.25, -0.2) is 8.42 Å². The molecule has 1 rings (SSSR count). The van der Waals surface area contributed by atoms with Gasteiger partial charge in [-0.15, -0.1) is 0 Å². The highest BCUT2D eigenvalue weighted by atomic mass is 35.5. The molecule has 0 radical (unpaired) electrons. The van der Waals surface area contributed by atoms with Crippen molar-refractivity contribution < 1.29 is 8.42 Å². The molecule has 0 N–H and O–H groups in total. The van der Waals surface area contributed by atoms with Crippen molar-refractivity contribution in [2.24, 2.45) is 0 Å². The fourth-order valence-electron chi connectivity index (χ4n) is 0.915. The Bertz CT molecular complexity index is 438. The molecule has 2 nitrogen and oxygen atoms in total. The first kappa shape index (κ1) is 10.8. The van der Waals surface area contributed by atoms with Gasteiger partial charge in [0, 0.05) is 6.26 Å². The molecule has 1 aromatic carbocycles. The zero-order valence-corrected chi connectivity index (χ0v) is 9.46. The summed E-state index contributed by atoms with van der Waals surface area (Å²) in [5, 5.41) is 0.397. The molecule has 1 aromatic rings. The van der Waals surface area contributed by atoms with E-state index >= 15 is 0 Å². The molecular formula is C8H8Cl2O2S. The smallest absolute Gasteiger partial charge is 0.177 e. The first-order chi connectivity index (χ1) is 5.84. The first-order valence-electron chi connectivity index (χ1n) is 3.48. The van der Waals surface area contributed by atoms with Crippen LogP contribution in [-0.4, -0.2) is 14.7 Å². The minimum absolute atomic E-state index is 0.0739. The van der Waals surface area contributed by atoms with Crippen LogP contribution in [0.1, 0.15) is 5.56 Å². The highest BCUT2D eigenvalue weighted by Crippen LogP contribution is 2.31. The lowest BCUT2D eigenvalue weighted by atomic mass is 10.2. The fraction of sp³-hybridized carbons (Fsp3) is 0.250. The van der Waals surface area contributed by atoms with Crippen molar-refractivity contribution in [2.75, 3.05) is 6.26 Å². The molecule has 0 spiro atoms. The van der Waals surface area contributed by atoms with E-state index in [0.29, 0.717) is 5.02 Å². The maximum atomic E-state index is 11.2. The van der Waals surface area contributed by atoms with Crippen molar-refractivity contribution in [3.63, 3.8) is 0 Å². The molecule has 0 aliphatic carbocycles. The molecule has 13 heavy (non-hydrogen) atoms. The molecule has 0 aliphatic rings. The summed E-state index contributed by atoms with van der Waals surface area (Å²) in [6.45, 7) is 1.76. The molecule has 0 bridgehead atoms. The number of benzene rings is 1. The third-order valence-electron chi connectivity index (χ3n) is 1.64. The largest absolute Gasteiger partial charge is 0.224 e. The van der Waals surface area contributed by atoms with Crippen molar-refractivity contribution in [1.82, 2.24) is 0 Å². The van der Waals surface area contributed by atoms with Crippen LogP contribution in [0.5, 0.6) is 0 Å². The standard InChI is InChI=1S/C8H8Cl2O2S/c1-5-3-4-6(13(2,11)12)8(10)7(5)9/h3-4H,1-2H3. The highest BCUT2D eigenvalue weighted by Gasteiger charge is 2.15. The van der Waals surface area contributed by atoms with Crippen molar-refractivity contribution in [3.05, 3.63) is 27.7 Å². The summed E-state index contributed by atoms with van der Waals surface area (Å²) in [5.41, 5.74) is 0.763. The summed E-state index contributed by atoms with van der Waals surface area (Å²) in [4.78, 5) is 0.0739. The van der Waals surface area contributed by atoms with Crippen LogP contribution in [0.3, 0.4) is 0 Å². The fourth-order valence-corrected chi connectivity index (χ4v) is 2.51. The molecule has 0 aromatic heterocycles. The van der Waals surface area contributed by atoms with Gasteiger partial charge in [0.2, 0.25) is 0 Å². The van der Waals surface area contributed by atoms with Gasteiger partial charge in [-0.2, -0.15) is 0 Å². The zero-order chi connectivity index (χ0) is 10.2. The Kier molecular flexibility index (Phi) is 2.90. The number of sulfone groups is 1. The summed E-state index contributed by atoms with van der Waals surface area (Å²) in [6, 6.07) is 3.09. The van der Waals surface area contributed by atoms with Crippen LogP contribution in [0, 0.1) is 6.92 Å². The van der Waals surface area contributed by atoms with Crippen LogP contribution in [0.15, 0.2) is 17.0 Å². The molecule has 0 fully saturated rings. The molecule has 0 atom stereocenters. The van der Waals surface area contributed by atoms with Crippen LogP contribution < -0.4 is 0 Å². The Morgan fingerprint density at radius 2 is 1.69 bits per heavy atom. The number of halogens is 2. The Balaban J connectivity index is 3.53. The van der Waals surface area contributed by atoms with Crippen molar-refractivity contribution in [3.8, 4) is 0 Å². The second-order valence-corrected chi connectivity index (χ2v) is 5.52. The average Bonchev–Trinajstić information content (AvgIpc) is 1.98. The van der Waals surface area contributed by atoms with Gasteiger partial charge in [0.05, 0.1) is 14.9 Å². The first-order valence-corrected chi connectivity index (χ1v) is 6.13. The van der Waals surface area contributed by atoms with E-state index in [9.17, 15) is 8.42 Å². The van der Waals surface area contributed by atoms with E-state index in [0.717, 1.165) is 11.8 Å². The summed E-state index contributed by atoms with van der Waals surface area (Å²) in [6.07, 6.45) is 1.10. The number of rotatable bonds is 1. The SMILES string of the molecule is Cc1ccc(S(C)(=O)=O)c(Cl)c1Cl. The summed E-state index contributed by atoms with van der Waals surface area (Å²) >= 11 is 11.6. The second kappa shape index (κ2) is 3.48. The number of hydrogen-bond acceptors (Lipinski definition) is 2. The summed E-state index contributed by atoms with van der Waals surface area (Å²) in [7, 11) is -3.29. The second-order valence-electron chi connectivity index (χ2n) is 2.78. The minimum Gasteiger partial charge on any atom is -0.224 e. The van der Waals surface area contributed by atoms with Gasteiger partial charge < -0.3 is 0 Å². The quantitative estimate of drug-likeness (QED) is 0.755. The van der Waals surface area contributed by atoms with E-state index in [-0.39, 0.29) is 9.92 Å². The third kappa shape index (κ3) is 2.16. The summed E-state index contributed by atoms with van der Waals surface area (Å²) < 4.78 is 22.3. The number of aryl methyl sites for hydroxylation is 1. The Hall–Kier alpha value is -0.250. The van der Waals surface area contributed by atoms with E-state index in [2.05, 4.69) is 0 Å². The van der Waals surface area contributed by atoms with E-state index < -0.39 is 9.84 Å². The van der Waals surface area contributed by atoms with Crippen LogP contribution in [0.2, 0.25) is 10.0 Å². The lowest BCUT2D eigenvalue weighted by Crippen LogP contribution is -1.98. The van der Waals surface area contributed by atoms with Crippen LogP contribution >= 0.6 is 23.2 Å². The molecule has 0 saturated heterocycles. The topological polar surface area (TPSA) is 34.1 Å². The Labute approximate surface area is 87.4 Å².